The van der Waals surface area contributed by atoms with Gasteiger partial charge in [0.2, 0.25) is 0 Å². The average Bonchev–Trinajstić information content (AvgIpc) is 2.87. The lowest BCUT2D eigenvalue weighted by molar-refractivity contribution is 0.400. The summed E-state index contributed by atoms with van der Waals surface area (Å²) in [5.41, 5.74) is 4.98. The SMILES string of the molecule is CN(C)CCCc1c(-c2cccnc2)[nH]c2ccccc12. The molecular weight excluding hydrogens is 258 g/mol. The van der Waals surface area contributed by atoms with Gasteiger partial charge in [-0.25, -0.2) is 0 Å². The van der Waals surface area contributed by atoms with Gasteiger partial charge in [-0.3, -0.25) is 4.98 Å². The number of aryl methyl sites for hydroxylation is 1. The fourth-order valence-electron chi connectivity index (χ4n) is 2.79. The van der Waals surface area contributed by atoms with E-state index in [9.17, 15) is 0 Å². The van der Waals surface area contributed by atoms with Crippen molar-refractivity contribution < 1.29 is 0 Å². The first-order valence-electron chi connectivity index (χ1n) is 7.40. The summed E-state index contributed by atoms with van der Waals surface area (Å²) in [5.74, 6) is 0. The normalized spacial score (nSPS) is 11.4. The highest BCUT2D eigenvalue weighted by Crippen LogP contribution is 2.30. The Morgan fingerprint density at radius 3 is 2.71 bits per heavy atom. The van der Waals surface area contributed by atoms with Crippen molar-refractivity contribution in [2.45, 2.75) is 12.8 Å². The first kappa shape index (κ1) is 13.8. The van der Waals surface area contributed by atoms with Gasteiger partial charge in [-0.2, -0.15) is 0 Å². The number of pyridine rings is 1. The third kappa shape index (κ3) is 2.98. The van der Waals surface area contributed by atoms with Crippen LogP contribution in [0.4, 0.5) is 0 Å². The summed E-state index contributed by atoms with van der Waals surface area (Å²) in [6, 6.07) is 12.6. The van der Waals surface area contributed by atoms with E-state index < -0.39 is 0 Å². The van der Waals surface area contributed by atoms with Gasteiger partial charge in [0, 0.05) is 28.9 Å². The third-order valence-corrected chi connectivity index (χ3v) is 3.80. The number of nitrogens with one attached hydrogen (secondary N) is 1. The molecule has 0 saturated carbocycles. The lowest BCUT2D eigenvalue weighted by Gasteiger charge is -2.10. The highest BCUT2D eigenvalue weighted by Gasteiger charge is 2.12. The van der Waals surface area contributed by atoms with Gasteiger partial charge in [0.1, 0.15) is 0 Å². The van der Waals surface area contributed by atoms with E-state index in [4.69, 9.17) is 0 Å². The van der Waals surface area contributed by atoms with Crippen molar-refractivity contribution in [3.63, 3.8) is 0 Å². The van der Waals surface area contributed by atoms with Crippen LogP contribution >= 0.6 is 0 Å². The molecule has 3 aromatic rings. The number of benzene rings is 1. The molecule has 0 aliphatic carbocycles. The molecule has 0 amide bonds. The van der Waals surface area contributed by atoms with Gasteiger partial charge in [0.25, 0.3) is 0 Å². The maximum Gasteiger partial charge on any atom is 0.0512 e. The Morgan fingerprint density at radius 2 is 1.95 bits per heavy atom. The molecule has 0 saturated heterocycles. The molecule has 2 heterocycles. The molecule has 0 aliphatic heterocycles. The summed E-state index contributed by atoms with van der Waals surface area (Å²) in [4.78, 5) is 10.1. The van der Waals surface area contributed by atoms with Crippen LogP contribution in [0.25, 0.3) is 22.2 Å². The lowest BCUT2D eigenvalue weighted by Crippen LogP contribution is -2.13. The van der Waals surface area contributed by atoms with Gasteiger partial charge < -0.3 is 9.88 Å². The molecule has 0 atom stereocenters. The van der Waals surface area contributed by atoms with Crippen molar-refractivity contribution in [2.75, 3.05) is 20.6 Å². The number of rotatable bonds is 5. The Labute approximate surface area is 125 Å². The molecule has 0 spiro atoms. The van der Waals surface area contributed by atoms with E-state index in [0.29, 0.717) is 0 Å². The van der Waals surface area contributed by atoms with E-state index >= 15 is 0 Å². The Morgan fingerprint density at radius 1 is 1.10 bits per heavy atom. The minimum absolute atomic E-state index is 1.08. The maximum atomic E-state index is 4.25. The Hall–Kier alpha value is -2.13. The minimum Gasteiger partial charge on any atom is -0.354 e. The number of aromatic amines is 1. The molecule has 0 bridgehead atoms. The van der Waals surface area contributed by atoms with E-state index in [2.05, 4.69) is 59.3 Å². The predicted molar refractivity (Wildman–Crippen MR) is 88.4 cm³/mol. The third-order valence-electron chi connectivity index (χ3n) is 3.80. The Balaban J connectivity index is 2.02. The highest BCUT2D eigenvalue weighted by atomic mass is 15.0. The monoisotopic (exact) mass is 279 g/mol. The standard InChI is InChI=1S/C18H21N3/c1-21(2)12-6-9-16-15-8-3-4-10-17(15)20-18(16)14-7-5-11-19-13-14/h3-5,7-8,10-11,13,20H,6,9,12H2,1-2H3. The van der Waals surface area contributed by atoms with Gasteiger partial charge in [0.15, 0.2) is 0 Å². The molecule has 0 radical (unpaired) electrons. The van der Waals surface area contributed by atoms with Crippen LogP contribution in [0.15, 0.2) is 48.8 Å². The summed E-state index contributed by atoms with van der Waals surface area (Å²) >= 11 is 0. The zero-order chi connectivity index (χ0) is 14.7. The van der Waals surface area contributed by atoms with E-state index in [1.165, 1.54) is 22.2 Å². The molecule has 21 heavy (non-hydrogen) atoms. The number of H-pyrrole nitrogens is 1. The van der Waals surface area contributed by atoms with Crippen molar-refractivity contribution in [3.05, 3.63) is 54.4 Å². The first-order chi connectivity index (χ1) is 10.3. The summed E-state index contributed by atoms with van der Waals surface area (Å²) in [5, 5.41) is 1.33. The molecule has 3 rings (SSSR count). The number of hydrogen-bond acceptors (Lipinski definition) is 2. The molecule has 1 aromatic carbocycles. The smallest absolute Gasteiger partial charge is 0.0512 e. The molecular formula is C18H21N3. The van der Waals surface area contributed by atoms with Crippen LogP contribution in [-0.4, -0.2) is 35.5 Å². The number of hydrogen-bond donors (Lipinski definition) is 1. The number of aromatic nitrogens is 2. The Bertz CT molecular complexity index is 714. The minimum atomic E-state index is 1.08. The van der Waals surface area contributed by atoms with Gasteiger partial charge in [-0.15, -0.1) is 0 Å². The maximum absolute atomic E-state index is 4.25. The second-order valence-electron chi connectivity index (χ2n) is 5.67. The zero-order valence-corrected chi connectivity index (χ0v) is 12.6. The zero-order valence-electron chi connectivity index (χ0n) is 12.6. The van der Waals surface area contributed by atoms with Crippen molar-refractivity contribution in [1.82, 2.24) is 14.9 Å². The molecule has 0 fully saturated rings. The fourth-order valence-corrected chi connectivity index (χ4v) is 2.79. The predicted octanol–water partition coefficient (Wildman–Crippen LogP) is 3.72. The van der Waals surface area contributed by atoms with E-state index in [1.54, 1.807) is 0 Å². The molecule has 2 aromatic heterocycles. The first-order valence-corrected chi connectivity index (χ1v) is 7.40. The van der Waals surface area contributed by atoms with Crippen LogP contribution in [-0.2, 0) is 6.42 Å². The highest BCUT2D eigenvalue weighted by molar-refractivity contribution is 5.90. The lowest BCUT2D eigenvalue weighted by atomic mass is 10.0. The molecule has 1 N–H and O–H groups in total. The van der Waals surface area contributed by atoms with Crippen LogP contribution in [0, 0.1) is 0 Å². The van der Waals surface area contributed by atoms with Crippen LogP contribution in [0.2, 0.25) is 0 Å². The van der Waals surface area contributed by atoms with Crippen LogP contribution in [0.3, 0.4) is 0 Å². The van der Waals surface area contributed by atoms with Gasteiger partial charge in [0.05, 0.1) is 5.69 Å². The molecule has 3 heteroatoms. The van der Waals surface area contributed by atoms with Gasteiger partial charge in [-0.05, 0) is 57.2 Å². The van der Waals surface area contributed by atoms with Crippen LogP contribution < -0.4 is 0 Å². The summed E-state index contributed by atoms with van der Waals surface area (Å²) < 4.78 is 0. The van der Waals surface area contributed by atoms with E-state index in [0.717, 1.165) is 24.9 Å². The van der Waals surface area contributed by atoms with Crippen molar-refractivity contribution >= 4 is 10.9 Å². The number of fused-ring (bicyclic) bond motifs is 1. The fraction of sp³-hybridized carbons (Fsp3) is 0.278. The van der Waals surface area contributed by atoms with Gasteiger partial charge >= 0.3 is 0 Å². The second kappa shape index (κ2) is 6.10. The molecule has 108 valence electrons. The van der Waals surface area contributed by atoms with Crippen molar-refractivity contribution in [1.29, 1.82) is 0 Å². The van der Waals surface area contributed by atoms with E-state index in [-0.39, 0.29) is 0 Å². The van der Waals surface area contributed by atoms with Crippen LogP contribution in [0.5, 0.6) is 0 Å². The van der Waals surface area contributed by atoms with Gasteiger partial charge in [-0.1, -0.05) is 18.2 Å². The van der Waals surface area contributed by atoms with Crippen molar-refractivity contribution in [2.24, 2.45) is 0 Å². The number of nitrogens with zero attached hydrogens (tertiary/aromatic N) is 2. The van der Waals surface area contributed by atoms with E-state index in [1.807, 2.05) is 18.5 Å². The molecule has 3 nitrogen and oxygen atoms in total. The van der Waals surface area contributed by atoms with Crippen LogP contribution in [0.1, 0.15) is 12.0 Å². The summed E-state index contributed by atoms with van der Waals surface area (Å²) in [6.07, 6.45) is 5.98. The summed E-state index contributed by atoms with van der Waals surface area (Å²) in [6.45, 7) is 1.10. The summed E-state index contributed by atoms with van der Waals surface area (Å²) in [7, 11) is 4.24. The average molecular weight is 279 g/mol. The van der Waals surface area contributed by atoms with Crippen molar-refractivity contribution in [3.8, 4) is 11.3 Å². The Kier molecular flexibility index (Phi) is 4.02. The second-order valence-corrected chi connectivity index (χ2v) is 5.67. The number of para-hydroxylation sites is 1. The topological polar surface area (TPSA) is 31.9 Å². The molecule has 0 unspecified atom stereocenters. The quantitative estimate of drug-likeness (QED) is 0.772. The largest absolute Gasteiger partial charge is 0.354 e. The molecule has 0 aliphatic rings.